The Morgan fingerprint density at radius 3 is 2.54 bits per heavy atom. The van der Waals surface area contributed by atoms with Gasteiger partial charge in [-0.1, -0.05) is 104 Å². The van der Waals surface area contributed by atoms with Gasteiger partial charge in [-0.2, -0.15) is 0 Å². The zero-order valence-electron chi connectivity index (χ0n) is 31.5. The smallest absolute Gasteiger partial charge is 0.0559 e. The van der Waals surface area contributed by atoms with Crippen molar-refractivity contribution in [2.24, 2.45) is 23.2 Å². The first kappa shape index (κ1) is 32.6. The van der Waals surface area contributed by atoms with Crippen LogP contribution in [0.3, 0.4) is 0 Å². The first-order valence-electron chi connectivity index (χ1n) is 20.4. The van der Waals surface area contributed by atoms with Gasteiger partial charge in [0.25, 0.3) is 0 Å². The number of nitrogens with zero attached hydrogens (tertiary/aromatic N) is 2. The third kappa shape index (κ3) is 4.97. The van der Waals surface area contributed by atoms with Crippen molar-refractivity contribution in [2.75, 3.05) is 4.90 Å². The number of para-hydroxylation sites is 1. The molecule has 54 heavy (non-hydrogen) atoms. The summed E-state index contributed by atoms with van der Waals surface area (Å²) in [6.07, 6.45) is 41.4. The Balaban J connectivity index is 1.08. The van der Waals surface area contributed by atoms with Crippen LogP contribution >= 0.6 is 11.3 Å². The molecule has 7 aliphatic rings. The maximum atomic E-state index is 2.63. The van der Waals surface area contributed by atoms with Crippen LogP contribution in [0.5, 0.6) is 0 Å². The van der Waals surface area contributed by atoms with Gasteiger partial charge in [0.05, 0.1) is 5.52 Å². The molecule has 3 heteroatoms. The van der Waals surface area contributed by atoms with Crippen LogP contribution in [-0.2, 0) is 19.3 Å². The van der Waals surface area contributed by atoms with E-state index < -0.39 is 0 Å². The summed E-state index contributed by atoms with van der Waals surface area (Å²) in [6.45, 7) is 4.96. The Kier molecular flexibility index (Phi) is 7.60. The van der Waals surface area contributed by atoms with Gasteiger partial charge in [-0.3, -0.25) is 0 Å². The molecule has 268 valence electrons. The van der Waals surface area contributed by atoms with E-state index in [2.05, 4.69) is 151 Å². The lowest BCUT2D eigenvalue weighted by Crippen LogP contribution is -2.26. The maximum Gasteiger partial charge on any atom is 0.0559 e. The van der Waals surface area contributed by atoms with E-state index in [0.717, 1.165) is 51.4 Å². The molecular formula is C51H48N2S. The van der Waals surface area contributed by atoms with Crippen molar-refractivity contribution >= 4 is 34.0 Å². The zero-order valence-corrected chi connectivity index (χ0v) is 32.3. The van der Waals surface area contributed by atoms with Crippen molar-refractivity contribution in [3.05, 3.63) is 171 Å². The molecule has 0 spiro atoms. The third-order valence-corrected chi connectivity index (χ3v) is 14.8. The van der Waals surface area contributed by atoms with Gasteiger partial charge in [0, 0.05) is 61.0 Å². The number of aromatic nitrogens is 1. The molecule has 2 aromatic carbocycles. The lowest BCUT2D eigenvalue weighted by atomic mass is 9.73. The third-order valence-electron chi connectivity index (χ3n) is 13.6. The monoisotopic (exact) mass is 720 g/mol. The average Bonchev–Trinajstić information content (AvgIpc) is 3.84. The second-order valence-corrected chi connectivity index (χ2v) is 17.9. The number of thiophene rings is 1. The van der Waals surface area contributed by atoms with Gasteiger partial charge in [-0.15, -0.1) is 11.3 Å². The summed E-state index contributed by atoms with van der Waals surface area (Å²) in [5.41, 5.74) is 17.5. The minimum absolute atomic E-state index is 0.0953. The van der Waals surface area contributed by atoms with Crippen molar-refractivity contribution in [1.29, 1.82) is 0 Å². The summed E-state index contributed by atoms with van der Waals surface area (Å²) < 4.78 is 2.60. The van der Waals surface area contributed by atoms with Gasteiger partial charge in [-0.25, -0.2) is 0 Å². The minimum Gasteiger partial charge on any atom is -0.314 e. The van der Waals surface area contributed by atoms with E-state index in [0.29, 0.717) is 17.8 Å². The molecule has 0 N–H and O–H groups in total. The molecule has 0 aliphatic heterocycles. The molecule has 2 heterocycles. The minimum atomic E-state index is 0.0953. The number of hydrogen-bond donors (Lipinski definition) is 0. The van der Waals surface area contributed by atoms with Crippen LogP contribution in [0.15, 0.2) is 150 Å². The molecule has 0 saturated carbocycles. The zero-order chi connectivity index (χ0) is 36.0. The van der Waals surface area contributed by atoms with Crippen molar-refractivity contribution in [3.8, 4) is 16.1 Å². The van der Waals surface area contributed by atoms with Crippen molar-refractivity contribution in [2.45, 2.75) is 71.6 Å². The van der Waals surface area contributed by atoms with Gasteiger partial charge in [0.2, 0.25) is 0 Å². The second kappa shape index (κ2) is 12.6. The van der Waals surface area contributed by atoms with Crippen LogP contribution in [0, 0.1) is 23.2 Å². The molecule has 11 rings (SSSR count). The van der Waals surface area contributed by atoms with Crippen LogP contribution in [0.25, 0.3) is 33.1 Å². The van der Waals surface area contributed by atoms with E-state index in [1.54, 1.807) is 22.3 Å². The maximum absolute atomic E-state index is 2.63. The quantitative estimate of drug-likeness (QED) is 0.199. The van der Waals surface area contributed by atoms with E-state index in [1.807, 2.05) is 11.3 Å². The first-order valence-corrected chi connectivity index (χ1v) is 21.2. The summed E-state index contributed by atoms with van der Waals surface area (Å²) in [4.78, 5) is 5.62. The number of fused-ring (bicyclic) bond motifs is 9. The predicted octanol–water partition coefficient (Wildman–Crippen LogP) is 13.3. The highest BCUT2D eigenvalue weighted by Crippen LogP contribution is 2.57. The first-order chi connectivity index (χ1) is 26.5. The molecule has 7 aliphatic carbocycles. The molecule has 3 atom stereocenters. The summed E-state index contributed by atoms with van der Waals surface area (Å²) in [5, 5.41) is 1.38. The van der Waals surface area contributed by atoms with Crippen molar-refractivity contribution < 1.29 is 0 Å². The van der Waals surface area contributed by atoms with Gasteiger partial charge < -0.3 is 9.47 Å². The number of anilines is 1. The summed E-state index contributed by atoms with van der Waals surface area (Å²) in [5.74, 6) is 1.50. The fourth-order valence-corrected chi connectivity index (χ4v) is 12.4. The van der Waals surface area contributed by atoms with E-state index >= 15 is 0 Å². The standard InChI is InChI=1S/C51H48N2S/c1-51(2)44-19-11-9-17-39(44)40-27-25-37(31-45(40)51)52(36-23-21-34(22-24-36)33-13-5-3-6-14-33)38-26-28-43-47(32-38)53(35-15-7-4-8-16-35)46-30-29-42-41-18-10-12-20-48(41)54-50(42)49(43)46/h4-5,7-9,11-17,19-21,23-24,26,28,31-32,34,39,44H,3,6,10,18,22,25,27,29-30H2,1-2H3/t34?,39-,44?/m1/s1. The Morgan fingerprint density at radius 2 is 1.69 bits per heavy atom. The van der Waals surface area contributed by atoms with Gasteiger partial charge in [-0.05, 0) is 134 Å². The molecular weight excluding hydrogens is 673 g/mol. The highest BCUT2D eigenvalue weighted by atomic mass is 32.1. The fourth-order valence-electron chi connectivity index (χ4n) is 11.0. The topological polar surface area (TPSA) is 8.17 Å². The Morgan fingerprint density at radius 1 is 0.796 bits per heavy atom. The molecule has 0 bridgehead atoms. The molecule has 2 unspecified atom stereocenters. The summed E-state index contributed by atoms with van der Waals surface area (Å²) >= 11 is 2.03. The number of hydrogen-bond acceptors (Lipinski definition) is 2. The Hall–Kier alpha value is -4.86. The Bertz CT molecular complexity index is 2510. The number of allylic oxidation sites excluding steroid dienone is 16. The normalized spacial score (nSPS) is 24.4. The van der Waals surface area contributed by atoms with Gasteiger partial charge >= 0.3 is 0 Å². The van der Waals surface area contributed by atoms with Crippen LogP contribution in [0.1, 0.15) is 74.1 Å². The van der Waals surface area contributed by atoms with Crippen molar-refractivity contribution in [3.63, 3.8) is 0 Å². The lowest BCUT2D eigenvalue weighted by molar-refractivity contribution is 0.320. The van der Waals surface area contributed by atoms with E-state index in [-0.39, 0.29) is 5.41 Å². The van der Waals surface area contributed by atoms with Crippen molar-refractivity contribution in [1.82, 2.24) is 4.57 Å². The highest BCUT2D eigenvalue weighted by Gasteiger charge is 2.46. The van der Waals surface area contributed by atoms with E-state index in [1.165, 1.54) is 66.7 Å². The molecule has 2 nitrogen and oxygen atoms in total. The summed E-state index contributed by atoms with van der Waals surface area (Å²) in [6, 6.07) is 18.5. The predicted molar refractivity (Wildman–Crippen MR) is 229 cm³/mol. The van der Waals surface area contributed by atoms with E-state index in [9.17, 15) is 0 Å². The van der Waals surface area contributed by atoms with Crippen LogP contribution in [0.4, 0.5) is 5.69 Å². The largest absolute Gasteiger partial charge is 0.314 e. The average molecular weight is 721 g/mol. The highest BCUT2D eigenvalue weighted by molar-refractivity contribution is 7.17. The van der Waals surface area contributed by atoms with Crippen LogP contribution < -0.4 is 4.90 Å². The molecule has 0 amide bonds. The van der Waals surface area contributed by atoms with Gasteiger partial charge in [0.1, 0.15) is 0 Å². The lowest BCUT2D eigenvalue weighted by Gasteiger charge is -2.35. The molecule has 0 saturated heterocycles. The number of benzene rings is 2. The summed E-state index contributed by atoms with van der Waals surface area (Å²) in [7, 11) is 0. The fraction of sp³-hybridized carbons (Fsp3) is 0.294. The second-order valence-electron chi connectivity index (χ2n) is 16.9. The molecule has 2 aromatic heterocycles. The van der Waals surface area contributed by atoms with Crippen LogP contribution in [-0.4, -0.2) is 4.57 Å². The molecule has 0 fully saturated rings. The molecule has 0 radical (unpaired) electrons. The SMILES string of the molecule is CC1(C)C2=C(CCC(N(C3=CCC(C4=CCCC=C4)C=C3)c3ccc4c5c(n(-c6ccccc6)c4c3)CCc3c-5sc4c3CCC=C4)=C2)[C@H]2C=CC=CC21. The van der Waals surface area contributed by atoms with E-state index in [4.69, 9.17) is 0 Å². The van der Waals surface area contributed by atoms with Gasteiger partial charge in [0.15, 0.2) is 0 Å². The molecule has 4 aromatic rings. The van der Waals surface area contributed by atoms with Crippen LogP contribution in [0.2, 0.25) is 0 Å². The Labute approximate surface area is 324 Å². The number of rotatable bonds is 5.